The van der Waals surface area contributed by atoms with Crippen molar-refractivity contribution < 1.29 is 13.9 Å². The van der Waals surface area contributed by atoms with Gasteiger partial charge in [-0.2, -0.15) is 9.97 Å². The van der Waals surface area contributed by atoms with E-state index in [4.69, 9.17) is 15.2 Å². The molecule has 1 aromatic heterocycles. The zero-order valence-corrected chi connectivity index (χ0v) is 10.9. The molecule has 18 heavy (non-hydrogen) atoms. The van der Waals surface area contributed by atoms with E-state index in [0.29, 0.717) is 4.47 Å². The van der Waals surface area contributed by atoms with Crippen LogP contribution in [0.25, 0.3) is 0 Å². The second kappa shape index (κ2) is 5.18. The van der Waals surface area contributed by atoms with Crippen molar-refractivity contribution in [3.8, 4) is 17.5 Å². The number of nitrogen functional groups attached to an aromatic ring is 1. The molecule has 0 fully saturated rings. The highest BCUT2D eigenvalue weighted by Gasteiger charge is 2.13. The van der Waals surface area contributed by atoms with Crippen molar-refractivity contribution in [3.63, 3.8) is 0 Å². The van der Waals surface area contributed by atoms with E-state index in [1.54, 1.807) is 6.07 Å². The fraction of sp³-hybridized carbons (Fsp3) is 0.0909. The predicted octanol–water partition coefficient (Wildman–Crippen LogP) is 2.76. The third kappa shape index (κ3) is 2.51. The van der Waals surface area contributed by atoms with Gasteiger partial charge in [-0.1, -0.05) is 15.9 Å². The van der Waals surface area contributed by atoms with Gasteiger partial charge >= 0.3 is 0 Å². The molecule has 7 heteroatoms. The first kappa shape index (κ1) is 12.6. The Morgan fingerprint density at radius 3 is 2.72 bits per heavy atom. The van der Waals surface area contributed by atoms with Gasteiger partial charge in [-0.05, 0) is 18.2 Å². The number of hydrogen-bond donors (Lipinski definition) is 1. The van der Waals surface area contributed by atoms with Gasteiger partial charge < -0.3 is 15.2 Å². The third-order valence-corrected chi connectivity index (χ3v) is 2.60. The summed E-state index contributed by atoms with van der Waals surface area (Å²) in [6.45, 7) is 0. The fourth-order valence-electron chi connectivity index (χ4n) is 1.27. The standard InChI is InChI=1S/C11H9BrFN3O2/c1-17-10-9(14)11(16-5-15-10)18-8-4-6(12)2-3-7(8)13/h2-5H,14H2,1H3. The second-order valence-electron chi connectivity index (χ2n) is 3.28. The Morgan fingerprint density at radius 1 is 1.28 bits per heavy atom. The van der Waals surface area contributed by atoms with Crippen molar-refractivity contribution >= 4 is 21.6 Å². The number of methoxy groups -OCH3 is 1. The molecule has 2 aromatic rings. The topological polar surface area (TPSA) is 70.3 Å². The number of nitrogens with zero attached hydrogens (tertiary/aromatic N) is 2. The van der Waals surface area contributed by atoms with Crippen LogP contribution in [0.15, 0.2) is 29.0 Å². The number of ether oxygens (including phenoxy) is 2. The summed E-state index contributed by atoms with van der Waals surface area (Å²) < 4.78 is 24.4. The Hall–Kier alpha value is -1.89. The van der Waals surface area contributed by atoms with E-state index in [1.807, 2.05) is 0 Å². The van der Waals surface area contributed by atoms with Crippen molar-refractivity contribution in [1.29, 1.82) is 0 Å². The number of rotatable bonds is 3. The number of halogens is 2. The number of anilines is 1. The van der Waals surface area contributed by atoms with Crippen LogP contribution in [0.2, 0.25) is 0 Å². The van der Waals surface area contributed by atoms with E-state index in [9.17, 15) is 4.39 Å². The molecule has 0 bridgehead atoms. The van der Waals surface area contributed by atoms with Crippen LogP contribution >= 0.6 is 15.9 Å². The van der Waals surface area contributed by atoms with Crippen LogP contribution in [-0.2, 0) is 0 Å². The van der Waals surface area contributed by atoms with Gasteiger partial charge in [0.25, 0.3) is 0 Å². The Bertz CT molecular complexity index is 580. The molecule has 0 atom stereocenters. The molecule has 1 heterocycles. The SMILES string of the molecule is COc1ncnc(Oc2cc(Br)ccc2F)c1N. The molecule has 0 saturated carbocycles. The van der Waals surface area contributed by atoms with Gasteiger partial charge in [-0.3, -0.25) is 0 Å². The first-order valence-electron chi connectivity index (χ1n) is 4.89. The van der Waals surface area contributed by atoms with Gasteiger partial charge in [0.05, 0.1) is 7.11 Å². The summed E-state index contributed by atoms with van der Waals surface area (Å²) in [5, 5.41) is 0. The Kier molecular flexibility index (Phi) is 3.61. The fourth-order valence-corrected chi connectivity index (χ4v) is 1.61. The number of hydrogen-bond acceptors (Lipinski definition) is 5. The Morgan fingerprint density at radius 2 is 2.00 bits per heavy atom. The summed E-state index contributed by atoms with van der Waals surface area (Å²) in [4.78, 5) is 7.63. The first-order valence-corrected chi connectivity index (χ1v) is 5.68. The minimum Gasteiger partial charge on any atom is -0.479 e. The highest BCUT2D eigenvalue weighted by atomic mass is 79.9. The smallest absolute Gasteiger partial charge is 0.249 e. The Labute approximate surface area is 111 Å². The molecular formula is C11H9BrFN3O2. The average molecular weight is 314 g/mol. The third-order valence-electron chi connectivity index (χ3n) is 2.10. The van der Waals surface area contributed by atoms with Crippen molar-refractivity contribution in [2.24, 2.45) is 0 Å². The molecule has 1 aromatic carbocycles. The molecule has 94 valence electrons. The van der Waals surface area contributed by atoms with Crippen molar-refractivity contribution in [2.45, 2.75) is 0 Å². The lowest BCUT2D eigenvalue weighted by atomic mass is 10.3. The van der Waals surface area contributed by atoms with E-state index < -0.39 is 5.82 Å². The first-order chi connectivity index (χ1) is 8.61. The van der Waals surface area contributed by atoms with Crippen LogP contribution in [-0.4, -0.2) is 17.1 Å². The monoisotopic (exact) mass is 313 g/mol. The van der Waals surface area contributed by atoms with E-state index in [0.717, 1.165) is 0 Å². The van der Waals surface area contributed by atoms with Crippen LogP contribution in [0.1, 0.15) is 0 Å². The van der Waals surface area contributed by atoms with Gasteiger partial charge in [0.2, 0.25) is 11.8 Å². The number of nitrogens with two attached hydrogens (primary N) is 1. The van der Waals surface area contributed by atoms with Crippen LogP contribution < -0.4 is 15.2 Å². The van der Waals surface area contributed by atoms with E-state index in [2.05, 4.69) is 25.9 Å². The molecule has 2 rings (SSSR count). The van der Waals surface area contributed by atoms with Crippen LogP contribution in [0, 0.1) is 5.82 Å². The Balaban J connectivity index is 2.37. The molecular weight excluding hydrogens is 305 g/mol. The van der Waals surface area contributed by atoms with Crippen molar-refractivity contribution in [2.75, 3.05) is 12.8 Å². The largest absolute Gasteiger partial charge is 0.479 e. The molecule has 5 nitrogen and oxygen atoms in total. The summed E-state index contributed by atoms with van der Waals surface area (Å²) in [6, 6.07) is 4.31. The molecule has 0 aliphatic rings. The summed E-state index contributed by atoms with van der Waals surface area (Å²) in [5.74, 6) is -0.290. The summed E-state index contributed by atoms with van der Waals surface area (Å²) in [7, 11) is 1.42. The number of aromatic nitrogens is 2. The zero-order chi connectivity index (χ0) is 13.1. The molecule has 0 amide bonds. The van der Waals surface area contributed by atoms with E-state index in [1.165, 1.54) is 25.6 Å². The van der Waals surface area contributed by atoms with Gasteiger partial charge in [0.15, 0.2) is 17.3 Å². The highest BCUT2D eigenvalue weighted by Crippen LogP contribution is 2.32. The maximum Gasteiger partial charge on any atom is 0.249 e. The van der Waals surface area contributed by atoms with Crippen LogP contribution in [0.3, 0.4) is 0 Å². The van der Waals surface area contributed by atoms with Crippen molar-refractivity contribution in [3.05, 3.63) is 34.8 Å². The number of benzene rings is 1. The van der Waals surface area contributed by atoms with Gasteiger partial charge in [-0.25, -0.2) is 4.39 Å². The lowest BCUT2D eigenvalue weighted by molar-refractivity contribution is 0.387. The van der Waals surface area contributed by atoms with E-state index in [-0.39, 0.29) is 23.2 Å². The van der Waals surface area contributed by atoms with Gasteiger partial charge in [0, 0.05) is 4.47 Å². The molecule has 2 N–H and O–H groups in total. The molecule has 0 spiro atoms. The molecule has 0 unspecified atom stereocenters. The maximum atomic E-state index is 13.5. The quantitative estimate of drug-likeness (QED) is 0.943. The second-order valence-corrected chi connectivity index (χ2v) is 4.19. The van der Waals surface area contributed by atoms with E-state index >= 15 is 0 Å². The molecule has 0 aliphatic heterocycles. The molecule has 0 saturated heterocycles. The molecule has 0 radical (unpaired) electrons. The van der Waals surface area contributed by atoms with Crippen molar-refractivity contribution in [1.82, 2.24) is 9.97 Å². The highest BCUT2D eigenvalue weighted by molar-refractivity contribution is 9.10. The lowest BCUT2D eigenvalue weighted by Gasteiger charge is -2.09. The normalized spacial score (nSPS) is 10.2. The minimum atomic E-state index is -0.518. The predicted molar refractivity (Wildman–Crippen MR) is 67.2 cm³/mol. The minimum absolute atomic E-state index is 0.0110. The maximum absolute atomic E-state index is 13.5. The summed E-state index contributed by atoms with van der Waals surface area (Å²) in [6.07, 6.45) is 1.22. The van der Waals surface area contributed by atoms with Crippen LogP contribution in [0.4, 0.5) is 10.1 Å². The van der Waals surface area contributed by atoms with Gasteiger partial charge in [-0.15, -0.1) is 0 Å². The van der Waals surface area contributed by atoms with Crippen LogP contribution in [0.5, 0.6) is 17.5 Å². The van der Waals surface area contributed by atoms with Gasteiger partial charge in [0.1, 0.15) is 6.33 Å². The zero-order valence-electron chi connectivity index (χ0n) is 9.35. The molecule has 0 aliphatic carbocycles. The summed E-state index contributed by atoms with van der Waals surface area (Å²) in [5.41, 5.74) is 5.83. The average Bonchev–Trinajstić information content (AvgIpc) is 2.36. The summed E-state index contributed by atoms with van der Waals surface area (Å²) >= 11 is 3.22. The lowest BCUT2D eigenvalue weighted by Crippen LogP contribution is -2.01.